The summed E-state index contributed by atoms with van der Waals surface area (Å²) >= 11 is 1.72. The van der Waals surface area contributed by atoms with Gasteiger partial charge in [0.2, 0.25) is 0 Å². The predicted molar refractivity (Wildman–Crippen MR) is 77.0 cm³/mol. The molecule has 0 aliphatic rings. The maximum Gasteiger partial charge on any atom is 0.347 e. The third-order valence-electron chi connectivity index (χ3n) is 3.21. The maximum atomic E-state index is 11.9. The normalized spacial score (nSPS) is 12.4. The summed E-state index contributed by atoms with van der Waals surface area (Å²) < 4.78 is 1.58. The Morgan fingerprint density at radius 1 is 1.47 bits per heavy atom. The van der Waals surface area contributed by atoms with Gasteiger partial charge >= 0.3 is 11.7 Å². The fourth-order valence-corrected chi connectivity index (χ4v) is 2.61. The zero-order chi connectivity index (χ0) is 14.6. The summed E-state index contributed by atoms with van der Waals surface area (Å²) in [6.45, 7) is 5.69. The lowest BCUT2D eigenvalue weighted by atomic mass is 9.98. The monoisotopic (exact) mass is 284 g/mol. The zero-order valence-corrected chi connectivity index (χ0v) is 12.6. The van der Waals surface area contributed by atoms with Crippen molar-refractivity contribution < 1.29 is 9.90 Å². The Labute approximate surface area is 117 Å². The van der Waals surface area contributed by atoms with Gasteiger partial charge in [-0.05, 0) is 39.2 Å². The fraction of sp³-hybridized carbons (Fsp3) is 0.615. The van der Waals surface area contributed by atoms with Gasteiger partial charge in [-0.1, -0.05) is 0 Å². The van der Waals surface area contributed by atoms with E-state index < -0.39 is 11.9 Å². The summed E-state index contributed by atoms with van der Waals surface area (Å²) in [6.07, 6.45) is 2.88. The largest absolute Gasteiger partial charge is 0.481 e. The van der Waals surface area contributed by atoms with E-state index in [1.54, 1.807) is 37.1 Å². The highest BCUT2D eigenvalue weighted by atomic mass is 32.2. The molecule has 0 aliphatic heterocycles. The van der Waals surface area contributed by atoms with Gasteiger partial charge in [-0.3, -0.25) is 9.36 Å². The molecule has 0 bridgehead atoms. The van der Waals surface area contributed by atoms with Crippen LogP contribution in [-0.4, -0.2) is 32.6 Å². The molecule has 0 aliphatic carbocycles. The molecule has 1 heterocycles. The highest BCUT2D eigenvalue weighted by molar-refractivity contribution is 7.98. The van der Waals surface area contributed by atoms with Gasteiger partial charge in [-0.2, -0.15) is 16.7 Å². The van der Waals surface area contributed by atoms with Gasteiger partial charge in [0.1, 0.15) is 0 Å². The second-order valence-corrected chi connectivity index (χ2v) is 5.52. The Kier molecular flexibility index (Phi) is 5.60. The van der Waals surface area contributed by atoms with Gasteiger partial charge in [0, 0.05) is 23.5 Å². The van der Waals surface area contributed by atoms with Crippen LogP contribution in [0.25, 0.3) is 0 Å². The lowest BCUT2D eigenvalue weighted by molar-refractivity contribution is -0.138. The molecule has 1 N–H and O–H groups in total. The number of carbonyl (C=O) groups is 1. The summed E-state index contributed by atoms with van der Waals surface area (Å²) in [7, 11) is 0. The van der Waals surface area contributed by atoms with Crippen LogP contribution < -0.4 is 5.69 Å². The Balaban J connectivity index is 3.22. The first kappa shape index (κ1) is 15.8. The van der Waals surface area contributed by atoms with Gasteiger partial charge < -0.3 is 5.11 Å². The molecule has 0 saturated heterocycles. The number of thioether (sulfide) groups is 1. The summed E-state index contributed by atoms with van der Waals surface area (Å²) in [6, 6.07) is 0. The van der Waals surface area contributed by atoms with Crippen molar-refractivity contribution in [1.82, 2.24) is 9.55 Å². The standard InChI is InChI=1S/C13H20N2O3S/c1-8(12(16)17)11-9(2)14-13(18)15(10(11)3)6-5-7-19-4/h8H,5-7H2,1-4H3,(H,16,17). The minimum Gasteiger partial charge on any atom is -0.481 e. The van der Waals surface area contributed by atoms with Crippen LogP contribution in [0.4, 0.5) is 0 Å². The number of hydrogen-bond acceptors (Lipinski definition) is 4. The average molecular weight is 284 g/mol. The molecule has 106 valence electrons. The molecule has 1 unspecified atom stereocenters. The van der Waals surface area contributed by atoms with Crippen LogP contribution in [0.1, 0.15) is 36.2 Å². The molecule has 19 heavy (non-hydrogen) atoms. The fourth-order valence-electron chi connectivity index (χ4n) is 2.20. The minimum absolute atomic E-state index is 0.294. The molecule has 0 amide bonds. The third-order valence-corrected chi connectivity index (χ3v) is 3.91. The minimum atomic E-state index is -0.901. The molecule has 0 saturated carbocycles. The highest BCUT2D eigenvalue weighted by Crippen LogP contribution is 2.21. The number of aromatic nitrogens is 2. The molecule has 1 aromatic rings. The molecule has 6 heteroatoms. The summed E-state index contributed by atoms with van der Waals surface area (Å²) in [5, 5.41) is 9.14. The zero-order valence-electron chi connectivity index (χ0n) is 11.8. The van der Waals surface area contributed by atoms with E-state index in [9.17, 15) is 9.59 Å². The Bertz CT molecular complexity index is 525. The average Bonchev–Trinajstić information content (AvgIpc) is 2.32. The second kappa shape index (κ2) is 6.75. The topological polar surface area (TPSA) is 72.2 Å². The van der Waals surface area contributed by atoms with Crippen molar-refractivity contribution in [2.24, 2.45) is 0 Å². The molecule has 0 fully saturated rings. The predicted octanol–water partition coefficient (Wildman–Crippen LogP) is 1.80. The van der Waals surface area contributed by atoms with Crippen molar-refractivity contribution in [3.63, 3.8) is 0 Å². The number of carboxylic acids is 1. The number of rotatable bonds is 6. The first-order valence-electron chi connectivity index (χ1n) is 6.19. The van der Waals surface area contributed by atoms with Crippen molar-refractivity contribution in [3.8, 4) is 0 Å². The van der Waals surface area contributed by atoms with E-state index in [1.807, 2.05) is 6.26 Å². The lowest BCUT2D eigenvalue weighted by Gasteiger charge is -2.17. The van der Waals surface area contributed by atoms with Crippen LogP contribution in [0.2, 0.25) is 0 Å². The quantitative estimate of drug-likeness (QED) is 0.806. The van der Waals surface area contributed by atoms with Crippen molar-refractivity contribution in [3.05, 3.63) is 27.4 Å². The van der Waals surface area contributed by atoms with Gasteiger partial charge in [-0.15, -0.1) is 0 Å². The van der Waals surface area contributed by atoms with Gasteiger partial charge in [0.05, 0.1) is 5.92 Å². The van der Waals surface area contributed by atoms with E-state index in [0.717, 1.165) is 12.2 Å². The Morgan fingerprint density at radius 3 is 2.63 bits per heavy atom. The number of hydrogen-bond donors (Lipinski definition) is 1. The Morgan fingerprint density at radius 2 is 2.11 bits per heavy atom. The SMILES string of the molecule is CSCCCn1c(C)c(C(C)C(=O)O)c(C)nc1=O. The summed E-state index contributed by atoms with van der Waals surface area (Å²) in [5.41, 5.74) is 1.58. The number of carboxylic acid groups (broad SMARTS) is 1. The molecule has 1 aromatic heterocycles. The van der Waals surface area contributed by atoms with Gasteiger partial charge in [0.25, 0.3) is 0 Å². The molecule has 5 nitrogen and oxygen atoms in total. The number of aliphatic carboxylic acids is 1. The molecule has 0 spiro atoms. The molecular formula is C13H20N2O3S. The van der Waals surface area contributed by atoms with Gasteiger partial charge in [0.15, 0.2) is 0 Å². The number of nitrogens with zero attached hydrogens (tertiary/aromatic N) is 2. The van der Waals surface area contributed by atoms with Crippen LogP contribution in [0.5, 0.6) is 0 Å². The summed E-state index contributed by atoms with van der Waals surface area (Å²) in [4.78, 5) is 27.0. The lowest BCUT2D eigenvalue weighted by Crippen LogP contribution is -2.29. The van der Waals surface area contributed by atoms with Crippen LogP contribution in [-0.2, 0) is 11.3 Å². The van der Waals surface area contributed by atoms with E-state index in [-0.39, 0.29) is 5.69 Å². The summed E-state index contributed by atoms with van der Waals surface area (Å²) in [5.74, 6) is -0.592. The molecule has 0 aromatic carbocycles. The molecular weight excluding hydrogens is 264 g/mol. The number of aryl methyl sites for hydroxylation is 1. The first-order valence-corrected chi connectivity index (χ1v) is 7.59. The van der Waals surface area contributed by atoms with Crippen LogP contribution in [0, 0.1) is 13.8 Å². The smallest absolute Gasteiger partial charge is 0.347 e. The van der Waals surface area contributed by atoms with Crippen LogP contribution in [0.3, 0.4) is 0 Å². The Hall–Kier alpha value is -1.30. The van der Waals surface area contributed by atoms with E-state index in [2.05, 4.69) is 4.98 Å². The van der Waals surface area contributed by atoms with Crippen LogP contribution >= 0.6 is 11.8 Å². The van der Waals surface area contributed by atoms with Crippen molar-refractivity contribution in [1.29, 1.82) is 0 Å². The van der Waals surface area contributed by atoms with Crippen molar-refractivity contribution in [2.75, 3.05) is 12.0 Å². The molecule has 1 atom stereocenters. The van der Waals surface area contributed by atoms with E-state index in [4.69, 9.17) is 5.11 Å². The molecule has 1 rings (SSSR count). The van der Waals surface area contributed by atoms with E-state index >= 15 is 0 Å². The first-order chi connectivity index (χ1) is 8.90. The van der Waals surface area contributed by atoms with Crippen LogP contribution in [0.15, 0.2) is 4.79 Å². The second-order valence-electron chi connectivity index (χ2n) is 4.54. The van der Waals surface area contributed by atoms with Crippen molar-refractivity contribution in [2.45, 2.75) is 39.7 Å². The highest BCUT2D eigenvalue weighted by Gasteiger charge is 2.21. The van der Waals surface area contributed by atoms with Gasteiger partial charge in [-0.25, -0.2) is 4.79 Å². The maximum absolute atomic E-state index is 11.9. The van der Waals surface area contributed by atoms with E-state index in [0.29, 0.717) is 23.5 Å². The van der Waals surface area contributed by atoms with Crippen molar-refractivity contribution >= 4 is 17.7 Å². The van der Waals surface area contributed by atoms with E-state index in [1.165, 1.54) is 0 Å². The third kappa shape index (κ3) is 3.59. The molecule has 0 radical (unpaired) electrons.